The molecule has 6 nitrogen and oxygen atoms in total. The van der Waals surface area contributed by atoms with Crippen LogP contribution >= 0.6 is 0 Å². The molecule has 3 aromatic rings. The number of anilines is 1. The standard InChI is InChI=1S/C21H19N3O3/c1-14-8-9-19(12-20(14)24(26)27)23-21(25)18-7-3-6-17(11-18)16-5-2-4-15(10-16)13-22/h2-12H,13,22H2,1H3,(H,23,25). The fourth-order valence-corrected chi connectivity index (χ4v) is 2.80. The Labute approximate surface area is 156 Å². The van der Waals surface area contributed by atoms with Crippen molar-refractivity contribution in [2.45, 2.75) is 13.5 Å². The van der Waals surface area contributed by atoms with Crippen molar-refractivity contribution in [2.24, 2.45) is 5.73 Å². The lowest BCUT2D eigenvalue weighted by molar-refractivity contribution is -0.385. The van der Waals surface area contributed by atoms with Crippen LogP contribution in [-0.2, 0) is 6.54 Å². The first-order valence-electron chi connectivity index (χ1n) is 8.44. The first kappa shape index (κ1) is 18.3. The van der Waals surface area contributed by atoms with Gasteiger partial charge in [0.25, 0.3) is 11.6 Å². The van der Waals surface area contributed by atoms with Gasteiger partial charge in [0.2, 0.25) is 0 Å². The summed E-state index contributed by atoms with van der Waals surface area (Å²) in [7, 11) is 0. The van der Waals surface area contributed by atoms with Crippen LogP contribution < -0.4 is 11.1 Å². The van der Waals surface area contributed by atoms with E-state index in [1.165, 1.54) is 6.07 Å². The highest BCUT2D eigenvalue weighted by Crippen LogP contribution is 2.24. The van der Waals surface area contributed by atoms with E-state index in [9.17, 15) is 14.9 Å². The van der Waals surface area contributed by atoms with Gasteiger partial charge in [-0.25, -0.2) is 0 Å². The first-order valence-corrected chi connectivity index (χ1v) is 8.44. The molecule has 0 bridgehead atoms. The van der Waals surface area contributed by atoms with Crippen molar-refractivity contribution in [3.05, 3.63) is 93.5 Å². The maximum absolute atomic E-state index is 12.6. The second-order valence-electron chi connectivity index (χ2n) is 6.20. The van der Waals surface area contributed by atoms with Crippen LogP contribution in [0.15, 0.2) is 66.7 Å². The molecule has 0 atom stereocenters. The van der Waals surface area contributed by atoms with E-state index < -0.39 is 4.92 Å². The summed E-state index contributed by atoms with van der Waals surface area (Å²) in [5.41, 5.74) is 9.93. The van der Waals surface area contributed by atoms with Crippen LogP contribution in [0.2, 0.25) is 0 Å². The van der Waals surface area contributed by atoms with E-state index in [1.807, 2.05) is 30.3 Å². The fraction of sp³-hybridized carbons (Fsp3) is 0.0952. The third-order valence-corrected chi connectivity index (χ3v) is 4.28. The quantitative estimate of drug-likeness (QED) is 0.523. The van der Waals surface area contributed by atoms with Gasteiger partial charge in [0.15, 0.2) is 0 Å². The van der Waals surface area contributed by atoms with Crippen molar-refractivity contribution in [3.8, 4) is 11.1 Å². The number of carbonyl (C=O) groups excluding carboxylic acids is 1. The molecule has 3 N–H and O–H groups in total. The van der Waals surface area contributed by atoms with Crippen molar-refractivity contribution in [1.82, 2.24) is 0 Å². The molecule has 0 aromatic heterocycles. The summed E-state index contributed by atoms with van der Waals surface area (Å²) in [6.07, 6.45) is 0. The van der Waals surface area contributed by atoms with E-state index in [4.69, 9.17) is 5.73 Å². The van der Waals surface area contributed by atoms with Gasteiger partial charge in [0.1, 0.15) is 0 Å². The molecule has 0 fully saturated rings. The van der Waals surface area contributed by atoms with Crippen molar-refractivity contribution < 1.29 is 9.72 Å². The molecule has 136 valence electrons. The molecular weight excluding hydrogens is 342 g/mol. The third kappa shape index (κ3) is 4.19. The highest BCUT2D eigenvalue weighted by atomic mass is 16.6. The van der Waals surface area contributed by atoms with Crippen LogP contribution in [0.25, 0.3) is 11.1 Å². The molecule has 0 aliphatic heterocycles. The highest BCUT2D eigenvalue weighted by Gasteiger charge is 2.13. The molecule has 6 heteroatoms. The van der Waals surface area contributed by atoms with E-state index in [-0.39, 0.29) is 11.6 Å². The predicted molar refractivity (Wildman–Crippen MR) is 106 cm³/mol. The minimum absolute atomic E-state index is 0.0276. The Hall–Kier alpha value is -3.51. The first-order chi connectivity index (χ1) is 13.0. The molecule has 0 saturated carbocycles. The Morgan fingerprint density at radius 3 is 2.44 bits per heavy atom. The average Bonchev–Trinajstić information content (AvgIpc) is 2.69. The molecule has 0 aliphatic carbocycles. The monoisotopic (exact) mass is 361 g/mol. The van der Waals surface area contributed by atoms with E-state index in [1.54, 1.807) is 37.3 Å². The van der Waals surface area contributed by atoms with Gasteiger partial charge in [-0.2, -0.15) is 0 Å². The van der Waals surface area contributed by atoms with Crippen molar-refractivity contribution in [2.75, 3.05) is 5.32 Å². The number of rotatable bonds is 5. The smallest absolute Gasteiger partial charge is 0.274 e. The maximum Gasteiger partial charge on any atom is 0.274 e. The van der Waals surface area contributed by atoms with Crippen LogP contribution in [-0.4, -0.2) is 10.8 Å². The summed E-state index contributed by atoms with van der Waals surface area (Å²) in [6.45, 7) is 2.10. The summed E-state index contributed by atoms with van der Waals surface area (Å²) < 4.78 is 0. The zero-order valence-corrected chi connectivity index (χ0v) is 14.8. The van der Waals surface area contributed by atoms with Gasteiger partial charge in [-0.1, -0.05) is 36.4 Å². The van der Waals surface area contributed by atoms with Crippen LogP contribution in [0.5, 0.6) is 0 Å². The Morgan fingerprint density at radius 1 is 1.04 bits per heavy atom. The minimum Gasteiger partial charge on any atom is -0.326 e. The molecule has 0 heterocycles. The molecule has 0 radical (unpaired) electrons. The van der Waals surface area contributed by atoms with Gasteiger partial charge in [0, 0.05) is 29.4 Å². The van der Waals surface area contributed by atoms with Crippen molar-refractivity contribution >= 4 is 17.3 Å². The second-order valence-corrected chi connectivity index (χ2v) is 6.20. The summed E-state index contributed by atoms with van der Waals surface area (Å²) in [4.78, 5) is 23.2. The third-order valence-electron chi connectivity index (χ3n) is 4.28. The number of amides is 1. The lowest BCUT2D eigenvalue weighted by Crippen LogP contribution is -2.12. The van der Waals surface area contributed by atoms with Gasteiger partial charge in [-0.05, 0) is 47.9 Å². The van der Waals surface area contributed by atoms with Gasteiger partial charge in [-0.3, -0.25) is 14.9 Å². The number of nitrogens with zero attached hydrogens (tertiary/aromatic N) is 1. The van der Waals surface area contributed by atoms with Gasteiger partial charge >= 0.3 is 0 Å². The number of carbonyl (C=O) groups is 1. The molecule has 0 saturated heterocycles. The summed E-state index contributed by atoms with van der Waals surface area (Å²) >= 11 is 0. The SMILES string of the molecule is Cc1ccc(NC(=O)c2cccc(-c3cccc(CN)c3)c2)cc1[N+](=O)[O-]. The van der Waals surface area contributed by atoms with Gasteiger partial charge in [0.05, 0.1) is 4.92 Å². The zero-order valence-electron chi connectivity index (χ0n) is 14.8. The van der Waals surface area contributed by atoms with E-state index in [0.717, 1.165) is 16.7 Å². The Bertz CT molecular complexity index is 1020. The summed E-state index contributed by atoms with van der Waals surface area (Å²) in [6, 6.07) is 19.7. The number of nitro groups is 1. The zero-order chi connectivity index (χ0) is 19.4. The van der Waals surface area contributed by atoms with Crippen LogP contribution in [0.4, 0.5) is 11.4 Å². The van der Waals surface area contributed by atoms with Crippen molar-refractivity contribution in [3.63, 3.8) is 0 Å². The average molecular weight is 361 g/mol. The van der Waals surface area contributed by atoms with Crippen LogP contribution in [0.3, 0.4) is 0 Å². The van der Waals surface area contributed by atoms with Gasteiger partial charge in [-0.15, -0.1) is 0 Å². The molecule has 3 aromatic carbocycles. The molecule has 1 amide bonds. The lowest BCUT2D eigenvalue weighted by atomic mass is 10.0. The van der Waals surface area contributed by atoms with E-state index >= 15 is 0 Å². The molecule has 0 unspecified atom stereocenters. The molecule has 0 aliphatic rings. The fourth-order valence-electron chi connectivity index (χ4n) is 2.80. The number of nitrogens with one attached hydrogen (secondary N) is 1. The molecule has 0 spiro atoms. The van der Waals surface area contributed by atoms with Gasteiger partial charge < -0.3 is 11.1 Å². The minimum atomic E-state index is -0.462. The number of hydrogen-bond donors (Lipinski definition) is 2. The highest BCUT2D eigenvalue weighted by molar-refractivity contribution is 6.05. The van der Waals surface area contributed by atoms with E-state index in [2.05, 4.69) is 5.32 Å². The summed E-state index contributed by atoms with van der Waals surface area (Å²) in [5, 5.41) is 13.8. The molecular formula is C21H19N3O3. The predicted octanol–water partition coefficient (Wildman–Crippen LogP) is 4.28. The Morgan fingerprint density at radius 2 is 1.74 bits per heavy atom. The number of nitro benzene ring substituents is 1. The second kappa shape index (κ2) is 7.80. The Kier molecular flexibility index (Phi) is 5.28. The number of hydrogen-bond acceptors (Lipinski definition) is 4. The lowest BCUT2D eigenvalue weighted by Gasteiger charge is -2.09. The Balaban J connectivity index is 1.86. The summed E-state index contributed by atoms with van der Waals surface area (Å²) in [5.74, 6) is -0.329. The number of benzene rings is 3. The topological polar surface area (TPSA) is 98.3 Å². The van der Waals surface area contributed by atoms with E-state index in [0.29, 0.717) is 23.4 Å². The molecule has 27 heavy (non-hydrogen) atoms. The molecule has 3 rings (SSSR count). The number of aryl methyl sites for hydroxylation is 1. The normalized spacial score (nSPS) is 10.4. The maximum atomic E-state index is 12.6. The largest absolute Gasteiger partial charge is 0.326 e. The number of nitrogens with two attached hydrogens (primary N) is 1. The van der Waals surface area contributed by atoms with Crippen molar-refractivity contribution in [1.29, 1.82) is 0 Å². The van der Waals surface area contributed by atoms with Crippen LogP contribution in [0.1, 0.15) is 21.5 Å². The van der Waals surface area contributed by atoms with Crippen LogP contribution in [0, 0.1) is 17.0 Å².